The van der Waals surface area contributed by atoms with Gasteiger partial charge in [0.1, 0.15) is 0 Å². The highest BCUT2D eigenvalue weighted by atomic mass is 16.3. The second kappa shape index (κ2) is 6.03. The van der Waals surface area contributed by atoms with Gasteiger partial charge in [0, 0.05) is 0 Å². The van der Waals surface area contributed by atoms with Gasteiger partial charge in [-0.1, -0.05) is 53.6 Å². The van der Waals surface area contributed by atoms with E-state index in [1.54, 1.807) is 0 Å². The van der Waals surface area contributed by atoms with Gasteiger partial charge in [-0.15, -0.1) is 0 Å². The Morgan fingerprint density at radius 3 is 2.42 bits per heavy atom. The van der Waals surface area contributed by atoms with Crippen molar-refractivity contribution >= 4 is 0 Å². The Labute approximate surface area is 115 Å². The van der Waals surface area contributed by atoms with Gasteiger partial charge in [0.2, 0.25) is 0 Å². The molecule has 0 radical (unpaired) electrons. The minimum absolute atomic E-state index is 0.375. The van der Waals surface area contributed by atoms with E-state index in [9.17, 15) is 5.11 Å². The van der Waals surface area contributed by atoms with Crippen LogP contribution in [0.2, 0.25) is 0 Å². The quantitative estimate of drug-likeness (QED) is 0.863. The van der Waals surface area contributed by atoms with Crippen molar-refractivity contribution in [3.05, 3.63) is 70.3 Å². The number of aliphatic hydroxyl groups excluding tert-OH is 1. The van der Waals surface area contributed by atoms with Crippen molar-refractivity contribution in [1.29, 1.82) is 0 Å². The summed E-state index contributed by atoms with van der Waals surface area (Å²) in [5.41, 5.74) is 6.01. The number of rotatable bonds is 4. The van der Waals surface area contributed by atoms with E-state index in [-0.39, 0.29) is 6.10 Å². The largest absolute Gasteiger partial charge is 0.388 e. The maximum absolute atomic E-state index is 10.4. The lowest BCUT2D eigenvalue weighted by Crippen LogP contribution is -2.02. The molecular formula is C18H22O. The molecule has 0 saturated carbocycles. The Morgan fingerprint density at radius 1 is 0.947 bits per heavy atom. The highest BCUT2D eigenvalue weighted by Gasteiger charge is 2.10. The Bertz CT molecular complexity index is 557. The normalized spacial score (nSPS) is 12.4. The Morgan fingerprint density at radius 2 is 1.68 bits per heavy atom. The number of aliphatic hydroxyl groups is 1. The zero-order chi connectivity index (χ0) is 13.8. The molecule has 0 fully saturated rings. The number of hydrogen-bond donors (Lipinski definition) is 1. The molecule has 0 heterocycles. The van der Waals surface area contributed by atoms with Crippen LogP contribution in [0.15, 0.2) is 42.5 Å². The van der Waals surface area contributed by atoms with Gasteiger partial charge in [0.05, 0.1) is 6.10 Å². The standard InChI is InChI=1S/C18H22O/c1-13-5-4-6-16(11-13)9-10-18(19)17-12-14(2)7-8-15(17)3/h4-8,11-12,18-19H,9-10H2,1-3H3. The minimum atomic E-state index is -0.375. The molecular weight excluding hydrogens is 232 g/mol. The molecule has 1 unspecified atom stereocenters. The van der Waals surface area contributed by atoms with Crippen LogP contribution in [-0.2, 0) is 6.42 Å². The van der Waals surface area contributed by atoms with Crippen molar-refractivity contribution in [2.75, 3.05) is 0 Å². The van der Waals surface area contributed by atoms with Gasteiger partial charge < -0.3 is 5.11 Å². The van der Waals surface area contributed by atoms with Crippen LogP contribution in [0.1, 0.15) is 40.3 Å². The van der Waals surface area contributed by atoms with Crippen LogP contribution in [0.3, 0.4) is 0 Å². The molecule has 1 N–H and O–H groups in total. The average molecular weight is 254 g/mol. The molecule has 0 aromatic heterocycles. The summed E-state index contributed by atoms with van der Waals surface area (Å²) in [6.07, 6.45) is 1.31. The molecule has 2 aromatic rings. The van der Waals surface area contributed by atoms with Crippen molar-refractivity contribution in [1.82, 2.24) is 0 Å². The number of aryl methyl sites for hydroxylation is 4. The van der Waals surface area contributed by atoms with Gasteiger partial charge in [-0.3, -0.25) is 0 Å². The lowest BCUT2D eigenvalue weighted by Gasteiger charge is -2.14. The second-order valence-corrected chi connectivity index (χ2v) is 5.40. The van der Waals surface area contributed by atoms with Crippen molar-refractivity contribution < 1.29 is 5.11 Å². The third kappa shape index (κ3) is 3.68. The molecule has 19 heavy (non-hydrogen) atoms. The smallest absolute Gasteiger partial charge is 0.0795 e. The molecule has 2 aromatic carbocycles. The van der Waals surface area contributed by atoms with Crippen LogP contribution in [0.5, 0.6) is 0 Å². The fourth-order valence-corrected chi connectivity index (χ4v) is 2.45. The van der Waals surface area contributed by atoms with Gasteiger partial charge in [-0.25, -0.2) is 0 Å². The van der Waals surface area contributed by atoms with Crippen LogP contribution in [0, 0.1) is 20.8 Å². The lowest BCUT2D eigenvalue weighted by molar-refractivity contribution is 0.167. The van der Waals surface area contributed by atoms with Gasteiger partial charge >= 0.3 is 0 Å². The topological polar surface area (TPSA) is 20.2 Å². The average Bonchev–Trinajstić information content (AvgIpc) is 2.39. The van der Waals surface area contributed by atoms with Crippen LogP contribution in [0.25, 0.3) is 0 Å². The summed E-state index contributed by atoms with van der Waals surface area (Å²) in [5.74, 6) is 0. The fraction of sp³-hybridized carbons (Fsp3) is 0.333. The third-order valence-electron chi connectivity index (χ3n) is 3.58. The lowest BCUT2D eigenvalue weighted by atomic mass is 9.96. The van der Waals surface area contributed by atoms with E-state index in [1.807, 2.05) is 0 Å². The summed E-state index contributed by atoms with van der Waals surface area (Å²) in [5, 5.41) is 10.4. The van der Waals surface area contributed by atoms with Crippen molar-refractivity contribution in [2.24, 2.45) is 0 Å². The summed E-state index contributed by atoms with van der Waals surface area (Å²) in [6.45, 7) is 6.23. The van der Waals surface area contributed by atoms with Gasteiger partial charge in [0.25, 0.3) is 0 Å². The maximum Gasteiger partial charge on any atom is 0.0795 e. The van der Waals surface area contributed by atoms with E-state index in [4.69, 9.17) is 0 Å². The third-order valence-corrected chi connectivity index (χ3v) is 3.58. The van der Waals surface area contributed by atoms with Crippen molar-refractivity contribution in [3.63, 3.8) is 0 Å². The van der Waals surface area contributed by atoms with E-state index >= 15 is 0 Å². The monoisotopic (exact) mass is 254 g/mol. The molecule has 100 valence electrons. The molecule has 1 nitrogen and oxygen atoms in total. The van der Waals surface area contributed by atoms with E-state index in [1.165, 1.54) is 22.3 Å². The molecule has 0 aliphatic heterocycles. The zero-order valence-corrected chi connectivity index (χ0v) is 12.0. The summed E-state index contributed by atoms with van der Waals surface area (Å²) < 4.78 is 0. The molecule has 0 spiro atoms. The SMILES string of the molecule is Cc1cccc(CCC(O)c2cc(C)ccc2C)c1. The predicted molar refractivity (Wildman–Crippen MR) is 80.4 cm³/mol. The van der Waals surface area contributed by atoms with Gasteiger partial charge in [0.15, 0.2) is 0 Å². The molecule has 0 amide bonds. The highest BCUT2D eigenvalue weighted by Crippen LogP contribution is 2.23. The van der Waals surface area contributed by atoms with E-state index in [2.05, 4.69) is 63.2 Å². The Balaban J connectivity index is 2.05. The molecule has 2 rings (SSSR count). The molecule has 0 bridgehead atoms. The van der Waals surface area contributed by atoms with E-state index in [0.29, 0.717) is 0 Å². The van der Waals surface area contributed by atoms with Crippen LogP contribution >= 0.6 is 0 Å². The molecule has 0 aliphatic carbocycles. The van der Waals surface area contributed by atoms with Gasteiger partial charge in [-0.05, 0) is 50.3 Å². The molecule has 0 aliphatic rings. The van der Waals surface area contributed by atoms with Crippen molar-refractivity contribution in [3.8, 4) is 0 Å². The first-order chi connectivity index (χ1) is 9.06. The Hall–Kier alpha value is -1.60. The summed E-state index contributed by atoms with van der Waals surface area (Å²) in [6, 6.07) is 14.8. The summed E-state index contributed by atoms with van der Waals surface area (Å²) >= 11 is 0. The first-order valence-electron chi connectivity index (χ1n) is 6.87. The minimum Gasteiger partial charge on any atom is -0.388 e. The second-order valence-electron chi connectivity index (χ2n) is 5.40. The number of hydrogen-bond acceptors (Lipinski definition) is 1. The maximum atomic E-state index is 10.4. The zero-order valence-electron chi connectivity index (χ0n) is 12.0. The van der Waals surface area contributed by atoms with E-state index < -0.39 is 0 Å². The summed E-state index contributed by atoms with van der Waals surface area (Å²) in [7, 11) is 0. The first kappa shape index (κ1) is 13.8. The molecule has 1 atom stereocenters. The molecule has 0 saturated heterocycles. The van der Waals surface area contributed by atoms with Crippen LogP contribution < -0.4 is 0 Å². The Kier molecular flexibility index (Phi) is 4.39. The van der Waals surface area contributed by atoms with Crippen LogP contribution in [0.4, 0.5) is 0 Å². The van der Waals surface area contributed by atoms with E-state index in [0.717, 1.165) is 18.4 Å². The fourth-order valence-electron chi connectivity index (χ4n) is 2.45. The van der Waals surface area contributed by atoms with Crippen molar-refractivity contribution in [2.45, 2.75) is 39.7 Å². The first-order valence-corrected chi connectivity index (χ1v) is 6.87. The molecule has 1 heteroatoms. The van der Waals surface area contributed by atoms with Crippen LogP contribution in [-0.4, -0.2) is 5.11 Å². The highest BCUT2D eigenvalue weighted by molar-refractivity contribution is 5.32. The predicted octanol–water partition coefficient (Wildman–Crippen LogP) is 4.28. The number of benzene rings is 2. The summed E-state index contributed by atoms with van der Waals surface area (Å²) in [4.78, 5) is 0. The van der Waals surface area contributed by atoms with Gasteiger partial charge in [-0.2, -0.15) is 0 Å².